The highest BCUT2D eigenvalue weighted by Crippen LogP contribution is 2.22. The molecule has 4 heteroatoms. The van der Waals surface area contributed by atoms with Gasteiger partial charge in [0.1, 0.15) is 5.75 Å². The highest BCUT2D eigenvalue weighted by atomic mass is 16.5. The van der Waals surface area contributed by atoms with Crippen LogP contribution >= 0.6 is 0 Å². The maximum atomic E-state index is 12.5. The molecule has 0 fully saturated rings. The molecule has 0 aliphatic rings. The van der Waals surface area contributed by atoms with Crippen LogP contribution < -0.4 is 10.5 Å². The van der Waals surface area contributed by atoms with E-state index < -0.39 is 0 Å². The van der Waals surface area contributed by atoms with Crippen molar-refractivity contribution in [3.05, 3.63) is 23.8 Å². The molecule has 0 spiro atoms. The third-order valence-corrected chi connectivity index (χ3v) is 2.84. The fourth-order valence-corrected chi connectivity index (χ4v) is 1.84. The second kappa shape index (κ2) is 6.28. The quantitative estimate of drug-likeness (QED) is 0.817. The van der Waals surface area contributed by atoms with Gasteiger partial charge in [-0.2, -0.15) is 0 Å². The lowest BCUT2D eigenvalue weighted by Gasteiger charge is -2.27. The van der Waals surface area contributed by atoms with Crippen molar-refractivity contribution in [3.8, 4) is 5.75 Å². The van der Waals surface area contributed by atoms with E-state index in [1.165, 1.54) is 0 Å². The molecule has 0 heterocycles. The van der Waals surface area contributed by atoms with Crippen molar-refractivity contribution in [1.29, 1.82) is 0 Å². The molecule has 0 aliphatic carbocycles. The van der Waals surface area contributed by atoms with Gasteiger partial charge >= 0.3 is 0 Å². The summed E-state index contributed by atoms with van der Waals surface area (Å²) in [5.41, 5.74) is 6.88. The third kappa shape index (κ3) is 3.15. The Morgan fingerprint density at radius 3 is 2.61 bits per heavy atom. The second-order valence-corrected chi connectivity index (χ2v) is 4.55. The number of nitrogens with two attached hydrogens (primary N) is 1. The Morgan fingerprint density at radius 1 is 1.44 bits per heavy atom. The van der Waals surface area contributed by atoms with Crippen LogP contribution in [0.1, 0.15) is 37.6 Å². The Labute approximate surface area is 109 Å². The molecule has 0 aliphatic heterocycles. The molecular weight excluding hydrogens is 228 g/mol. The first-order valence-electron chi connectivity index (χ1n) is 6.25. The fourth-order valence-electron chi connectivity index (χ4n) is 1.84. The minimum absolute atomic E-state index is 0.0387. The van der Waals surface area contributed by atoms with Crippen molar-refractivity contribution >= 4 is 11.6 Å². The van der Waals surface area contributed by atoms with E-state index in [1.54, 1.807) is 25.3 Å². The van der Waals surface area contributed by atoms with Gasteiger partial charge in [0.2, 0.25) is 0 Å². The first-order valence-corrected chi connectivity index (χ1v) is 6.25. The normalized spacial score (nSPS) is 10.5. The molecule has 0 saturated heterocycles. The van der Waals surface area contributed by atoms with Crippen LogP contribution in [0.4, 0.5) is 5.69 Å². The predicted octanol–water partition coefficient (Wildman–Crippen LogP) is 2.54. The molecule has 0 saturated carbocycles. The number of carbonyl (C=O) groups is 1. The van der Waals surface area contributed by atoms with E-state index >= 15 is 0 Å². The molecule has 1 aromatic carbocycles. The first kappa shape index (κ1) is 14.4. The molecule has 0 unspecified atom stereocenters. The number of amides is 1. The number of nitrogens with zero attached hydrogens (tertiary/aromatic N) is 1. The Morgan fingerprint density at radius 2 is 2.11 bits per heavy atom. The molecule has 2 N–H and O–H groups in total. The van der Waals surface area contributed by atoms with E-state index in [4.69, 9.17) is 10.5 Å². The van der Waals surface area contributed by atoms with Crippen LogP contribution in [0.2, 0.25) is 0 Å². The second-order valence-electron chi connectivity index (χ2n) is 4.55. The summed E-state index contributed by atoms with van der Waals surface area (Å²) in [4.78, 5) is 14.3. The Kier molecular flexibility index (Phi) is 5.01. The van der Waals surface area contributed by atoms with E-state index in [1.807, 2.05) is 18.7 Å². The number of benzene rings is 1. The Balaban J connectivity index is 3.07. The van der Waals surface area contributed by atoms with Gasteiger partial charge in [0.25, 0.3) is 5.91 Å². The molecule has 100 valence electrons. The van der Waals surface area contributed by atoms with E-state index in [9.17, 15) is 4.79 Å². The lowest BCUT2D eigenvalue weighted by atomic mass is 10.1. The van der Waals surface area contributed by atoms with Gasteiger partial charge in [-0.3, -0.25) is 4.79 Å². The van der Waals surface area contributed by atoms with Crippen LogP contribution in [0.3, 0.4) is 0 Å². The average Bonchev–Trinajstić information content (AvgIpc) is 2.35. The van der Waals surface area contributed by atoms with Crippen molar-refractivity contribution in [1.82, 2.24) is 4.90 Å². The number of methoxy groups -OCH3 is 1. The van der Waals surface area contributed by atoms with Crippen molar-refractivity contribution in [2.24, 2.45) is 0 Å². The van der Waals surface area contributed by atoms with Gasteiger partial charge in [0.05, 0.1) is 12.7 Å². The van der Waals surface area contributed by atoms with Gasteiger partial charge in [-0.1, -0.05) is 6.92 Å². The largest absolute Gasteiger partial charge is 0.497 e. The van der Waals surface area contributed by atoms with Crippen LogP contribution in [-0.4, -0.2) is 30.5 Å². The van der Waals surface area contributed by atoms with Gasteiger partial charge < -0.3 is 15.4 Å². The highest BCUT2D eigenvalue weighted by molar-refractivity contribution is 5.99. The lowest BCUT2D eigenvalue weighted by molar-refractivity contribution is 0.0706. The summed E-state index contributed by atoms with van der Waals surface area (Å²) in [5, 5.41) is 0. The molecule has 4 nitrogen and oxygen atoms in total. The summed E-state index contributed by atoms with van der Waals surface area (Å²) in [5.74, 6) is 0.607. The van der Waals surface area contributed by atoms with Crippen LogP contribution in [0.5, 0.6) is 5.75 Å². The maximum Gasteiger partial charge on any atom is 0.256 e. The number of anilines is 1. The zero-order valence-electron chi connectivity index (χ0n) is 11.6. The molecule has 0 bridgehead atoms. The molecule has 1 amide bonds. The zero-order chi connectivity index (χ0) is 13.7. The summed E-state index contributed by atoms with van der Waals surface area (Å²) in [6, 6.07) is 5.31. The van der Waals surface area contributed by atoms with E-state index in [0.29, 0.717) is 17.0 Å². The maximum absolute atomic E-state index is 12.5. The Hall–Kier alpha value is -1.71. The fraction of sp³-hybridized carbons (Fsp3) is 0.500. The molecule has 0 aromatic heterocycles. The van der Waals surface area contributed by atoms with Crippen molar-refractivity contribution in [2.45, 2.75) is 33.2 Å². The summed E-state index contributed by atoms with van der Waals surface area (Å²) in [6.45, 7) is 6.79. The van der Waals surface area contributed by atoms with Crippen molar-refractivity contribution in [3.63, 3.8) is 0 Å². The molecule has 1 rings (SSSR count). The highest BCUT2D eigenvalue weighted by Gasteiger charge is 2.20. The van der Waals surface area contributed by atoms with Gasteiger partial charge in [0.15, 0.2) is 0 Å². The minimum Gasteiger partial charge on any atom is -0.497 e. The molecule has 0 radical (unpaired) electrons. The standard InChI is InChI=1S/C14H22N2O2/c1-5-8-16(10(2)3)14(17)12-9-11(18-4)6-7-13(12)15/h6-7,9-10H,5,8,15H2,1-4H3. The van der Waals surface area contributed by atoms with Gasteiger partial charge in [-0.15, -0.1) is 0 Å². The van der Waals surface area contributed by atoms with Crippen LogP contribution in [-0.2, 0) is 0 Å². The topological polar surface area (TPSA) is 55.6 Å². The van der Waals surface area contributed by atoms with Gasteiger partial charge in [0, 0.05) is 18.3 Å². The van der Waals surface area contributed by atoms with E-state index in [0.717, 1.165) is 13.0 Å². The number of carbonyl (C=O) groups excluding carboxylic acids is 1. The smallest absolute Gasteiger partial charge is 0.256 e. The zero-order valence-corrected chi connectivity index (χ0v) is 11.6. The van der Waals surface area contributed by atoms with E-state index in [2.05, 4.69) is 6.92 Å². The first-order chi connectivity index (χ1) is 8.51. The summed E-state index contributed by atoms with van der Waals surface area (Å²) < 4.78 is 5.13. The molecule has 18 heavy (non-hydrogen) atoms. The van der Waals surface area contributed by atoms with Crippen LogP contribution in [0.25, 0.3) is 0 Å². The average molecular weight is 250 g/mol. The Bertz CT molecular complexity index is 416. The minimum atomic E-state index is -0.0387. The van der Waals surface area contributed by atoms with E-state index in [-0.39, 0.29) is 11.9 Å². The number of ether oxygens (including phenoxy) is 1. The van der Waals surface area contributed by atoms with Crippen LogP contribution in [0.15, 0.2) is 18.2 Å². The van der Waals surface area contributed by atoms with Crippen LogP contribution in [0, 0.1) is 0 Å². The molecule has 1 aromatic rings. The molecule has 0 atom stereocenters. The number of hydrogen-bond donors (Lipinski definition) is 1. The monoisotopic (exact) mass is 250 g/mol. The molecular formula is C14H22N2O2. The third-order valence-electron chi connectivity index (χ3n) is 2.84. The van der Waals surface area contributed by atoms with Crippen molar-refractivity contribution in [2.75, 3.05) is 19.4 Å². The van der Waals surface area contributed by atoms with Crippen molar-refractivity contribution < 1.29 is 9.53 Å². The number of hydrogen-bond acceptors (Lipinski definition) is 3. The van der Waals surface area contributed by atoms with Gasteiger partial charge in [-0.25, -0.2) is 0 Å². The SMILES string of the molecule is CCCN(C(=O)c1cc(OC)ccc1N)C(C)C. The summed E-state index contributed by atoms with van der Waals surface area (Å²) >= 11 is 0. The van der Waals surface area contributed by atoms with Gasteiger partial charge in [-0.05, 0) is 38.5 Å². The summed E-state index contributed by atoms with van der Waals surface area (Å²) in [7, 11) is 1.58. The lowest BCUT2D eigenvalue weighted by Crippen LogP contribution is -2.37. The number of nitrogen functional groups attached to an aromatic ring is 1. The number of rotatable bonds is 5. The predicted molar refractivity (Wildman–Crippen MR) is 73.9 cm³/mol. The summed E-state index contributed by atoms with van der Waals surface area (Å²) in [6.07, 6.45) is 0.924.